The first-order chi connectivity index (χ1) is 16.6. The fourth-order valence-electron chi connectivity index (χ4n) is 8.20. The van der Waals surface area contributed by atoms with Crippen molar-refractivity contribution >= 4 is 24.0 Å². The minimum absolute atomic E-state index is 0.0490. The lowest BCUT2D eigenvalue weighted by molar-refractivity contribution is -0.175. The van der Waals surface area contributed by atoms with E-state index in [1.807, 2.05) is 41.5 Å². The second-order valence-corrected chi connectivity index (χ2v) is 12.6. The standard InChI is InChI=1S/C28H40O8/c1-16(2)28-12-19(32)20-21(22(28)35-24(5,6)36-28)27(13-29,15-34-18(4)31)23-25(7,14-33-17(3)30)10-9-11-26(20,23)8/h13,16,22-23H,9-12,14-15H2,1-8H3/t22-,23?,25?,26-,27-,28-/m1/s1. The smallest absolute Gasteiger partial charge is 0.302 e. The molecule has 1 saturated carbocycles. The number of ketones is 1. The Morgan fingerprint density at radius 3 is 2.22 bits per heavy atom. The van der Waals surface area contributed by atoms with Crippen LogP contribution in [0.3, 0.4) is 0 Å². The molecule has 200 valence electrons. The summed E-state index contributed by atoms with van der Waals surface area (Å²) in [5.41, 5.74) is -2.37. The van der Waals surface area contributed by atoms with Crippen molar-refractivity contribution in [3.8, 4) is 0 Å². The zero-order chi connectivity index (χ0) is 26.9. The van der Waals surface area contributed by atoms with Crippen molar-refractivity contribution in [3.63, 3.8) is 0 Å². The van der Waals surface area contributed by atoms with E-state index in [-0.39, 0.29) is 31.3 Å². The molecule has 2 unspecified atom stereocenters. The summed E-state index contributed by atoms with van der Waals surface area (Å²) in [6.07, 6.45) is 2.56. The maximum absolute atomic E-state index is 14.1. The number of ether oxygens (including phenoxy) is 4. The number of rotatable bonds is 6. The Morgan fingerprint density at radius 1 is 1.06 bits per heavy atom. The summed E-state index contributed by atoms with van der Waals surface area (Å²) >= 11 is 0. The lowest BCUT2D eigenvalue weighted by Gasteiger charge is -2.54. The highest BCUT2D eigenvalue weighted by Gasteiger charge is 2.74. The van der Waals surface area contributed by atoms with E-state index in [4.69, 9.17) is 18.9 Å². The first-order valence-corrected chi connectivity index (χ1v) is 13.0. The minimum atomic E-state index is -1.32. The highest BCUT2D eigenvalue weighted by molar-refractivity contribution is 6.02. The van der Waals surface area contributed by atoms with Gasteiger partial charge in [0.2, 0.25) is 0 Å². The molecule has 0 radical (unpaired) electrons. The lowest BCUT2D eigenvalue weighted by Crippen LogP contribution is -2.56. The largest absolute Gasteiger partial charge is 0.465 e. The predicted octanol–water partition coefficient (Wildman–Crippen LogP) is 3.94. The molecule has 8 nitrogen and oxygen atoms in total. The molecule has 1 heterocycles. The fraction of sp³-hybridized carbons (Fsp3) is 0.786. The van der Waals surface area contributed by atoms with Crippen LogP contribution in [0.2, 0.25) is 0 Å². The number of fused-ring (bicyclic) bond motifs is 4. The predicted molar refractivity (Wildman–Crippen MR) is 130 cm³/mol. The van der Waals surface area contributed by atoms with Crippen molar-refractivity contribution in [2.45, 2.75) is 98.6 Å². The van der Waals surface area contributed by atoms with Crippen molar-refractivity contribution in [2.75, 3.05) is 13.2 Å². The SMILES string of the molecule is CC(=O)OCC1(C)CCC[C@]2(C)C3=C([C@H]4OC(C)(C)O[C@@]4(C(C)C)CC3=O)[C@@](C=O)(COC(C)=O)C12. The first kappa shape index (κ1) is 27.0. The summed E-state index contributed by atoms with van der Waals surface area (Å²) in [5, 5.41) is 0. The summed E-state index contributed by atoms with van der Waals surface area (Å²) in [7, 11) is 0. The molecule has 8 heteroatoms. The van der Waals surface area contributed by atoms with Gasteiger partial charge in [-0.3, -0.25) is 14.4 Å². The number of allylic oxidation sites excluding steroid dienone is 1. The van der Waals surface area contributed by atoms with E-state index < -0.39 is 51.6 Å². The average molecular weight is 505 g/mol. The van der Waals surface area contributed by atoms with Gasteiger partial charge in [-0.05, 0) is 44.1 Å². The van der Waals surface area contributed by atoms with Gasteiger partial charge in [-0.25, -0.2) is 0 Å². The molecular formula is C28H40O8. The zero-order valence-electron chi connectivity index (χ0n) is 22.8. The van der Waals surface area contributed by atoms with E-state index in [1.165, 1.54) is 13.8 Å². The minimum Gasteiger partial charge on any atom is -0.465 e. The third-order valence-electron chi connectivity index (χ3n) is 9.20. The van der Waals surface area contributed by atoms with Crippen molar-refractivity contribution in [2.24, 2.45) is 28.1 Å². The quantitative estimate of drug-likeness (QED) is 0.396. The Morgan fingerprint density at radius 2 is 1.67 bits per heavy atom. The van der Waals surface area contributed by atoms with Crippen LogP contribution in [0, 0.1) is 28.1 Å². The second kappa shape index (κ2) is 8.48. The van der Waals surface area contributed by atoms with Gasteiger partial charge < -0.3 is 23.7 Å². The Bertz CT molecular complexity index is 1030. The van der Waals surface area contributed by atoms with E-state index >= 15 is 0 Å². The Hall–Kier alpha value is -2.06. The van der Waals surface area contributed by atoms with E-state index in [1.54, 1.807) is 0 Å². The van der Waals surface area contributed by atoms with Crippen molar-refractivity contribution in [3.05, 3.63) is 11.1 Å². The highest BCUT2D eigenvalue weighted by atomic mass is 16.8. The maximum atomic E-state index is 14.1. The van der Waals surface area contributed by atoms with Gasteiger partial charge in [0, 0.05) is 36.7 Å². The molecule has 4 rings (SSSR count). The summed E-state index contributed by atoms with van der Waals surface area (Å²) in [5.74, 6) is -2.45. The Labute approximate surface area is 213 Å². The van der Waals surface area contributed by atoms with Crippen LogP contribution in [0.1, 0.15) is 81.1 Å². The van der Waals surface area contributed by atoms with Crippen LogP contribution < -0.4 is 0 Å². The molecule has 0 amide bonds. The van der Waals surface area contributed by atoms with Crippen LogP contribution in [0.15, 0.2) is 11.1 Å². The molecule has 0 aromatic carbocycles. The van der Waals surface area contributed by atoms with Crippen LogP contribution in [0.4, 0.5) is 0 Å². The molecule has 0 spiro atoms. The molecule has 0 bridgehead atoms. The first-order valence-electron chi connectivity index (χ1n) is 13.0. The molecule has 0 N–H and O–H groups in total. The van der Waals surface area contributed by atoms with Crippen molar-refractivity contribution < 1.29 is 38.1 Å². The van der Waals surface area contributed by atoms with Gasteiger partial charge in [0.1, 0.15) is 24.6 Å². The van der Waals surface area contributed by atoms with Gasteiger partial charge in [-0.1, -0.05) is 34.1 Å². The Kier molecular flexibility index (Phi) is 6.36. The number of Topliss-reactive ketones (excluding diaryl/α,β-unsaturated/α-hetero) is 1. The van der Waals surface area contributed by atoms with E-state index in [2.05, 4.69) is 0 Å². The van der Waals surface area contributed by atoms with Gasteiger partial charge >= 0.3 is 11.9 Å². The number of hydrogen-bond donors (Lipinski definition) is 0. The van der Waals surface area contributed by atoms with Crippen LogP contribution in [-0.2, 0) is 38.1 Å². The average Bonchev–Trinajstić information content (AvgIpc) is 3.18. The molecule has 36 heavy (non-hydrogen) atoms. The van der Waals surface area contributed by atoms with Gasteiger partial charge in [0.05, 0.1) is 12.0 Å². The molecule has 3 aliphatic carbocycles. The van der Waals surface area contributed by atoms with Crippen LogP contribution in [-0.4, -0.2) is 54.7 Å². The Balaban J connectivity index is 2.00. The number of esters is 2. The van der Waals surface area contributed by atoms with Gasteiger partial charge in [-0.15, -0.1) is 0 Å². The highest BCUT2D eigenvalue weighted by Crippen LogP contribution is 2.72. The van der Waals surface area contributed by atoms with Gasteiger partial charge in [0.15, 0.2) is 11.6 Å². The molecule has 0 aromatic heterocycles. The summed E-state index contributed by atoms with van der Waals surface area (Å²) in [6.45, 7) is 14.3. The number of carbonyl (C=O) groups excluding carboxylic acids is 4. The van der Waals surface area contributed by atoms with E-state index in [0.29, 0.717) is 24.0 Å². The summed E-state index contributed by atoms with van der Waals surface area (Å²) < 4.78 is 24.2. The molecule has 6 atom stereocenters. The topological polar surface area (TPSA) is 105 Å². The zero-order valence-corrected chi connectivity index (χ0v) is 22.8. The van der Waals surface area contributed by atoms with Gasteiger partial charge in [0.25, 0.3) is 0 Å². The maximum Gasteiger partial charge on any atom is 0.302 e. The van der Waals surface area contributed by atoms with Crippen molar-refractivity contribution in [1.29, 1.82) is 0 Å². The second-order valence-electron chi connectivity index (χ2n) is 12.6. The number of hydrogen-bond acceptors (Lipinski definition) is 8. The lowest BCUT2D eigenvalue weighted by atomic mass is 9.50. The molecule has 0 aromatic rings. The summed E-state index contributed by atoms with van der Waals surface area (Å²) in [4.78, 5) is 51.4. The third-order valence-corrected chi connectivity index (χ3v) is 9.20. The van der Waals surface area contributed by atoms with Crippen molar-refractivity contribution in [1.82, 2.24) is 0 Å². The number of aldehydes is 1. The fourth-order valence-corrected chi connectivity index (χ4v) is 8.20. The monoisotopic (exact) mass is 504 g/mol. The number of carbonyl (C=O) groups is 4. The van der Waals surface area contributed by atoms with Crippen LogP contribution in [0.25, 0.3) is 0 Å². The normalized spacial score (nSPS) is 41.0. The molecule has 4 aliphatic rings. The molecule has 1 saturated heterocycles. The third kappa shape index (κ3) is 3.70. The van der Waals surface area contributed by atoms with E-state index in [9.17, 15) is 19.2 Å². The molecule has 2 fully saturated rings. The van der Waals surface area contributed by atoms with E-state index in [0.717, 1.165) is 12.7 Å². The van der Waals surface area contributed by atoms with Crippen LogP contribution >= 0.6 is 0 Å². The van der Waals surface area contributed by atoms with Gasteiger partial charge in [-0.2, -0.15) is 0 Å². The molecule has 1 aliphatic heterocycles. The summed E-state index contributed by atoms with van der Waals surface area (Å²) in [6, 6.07) is 0. The van der Waals surface area contributed by atoms with Crippen LogP contribution in [0.5, 0.6) is 0 Å². The molecular weight excluding hydrogens is 464 g/mol.